The van der Waals surface area contributed by atoms with Gasteiger partial charge in [-0.1, -0.05) is 20.8 Å². The molecule has 0 radical (unpaired) electrons. The van der Waals surface area contributed by atoms with E-state index >= 15 is 0 Å². The van der Waals surface area contributed by atoms with E-state index in [0.29, 0.717) is 0 Å². The summed E-state index contributed by atoms with van der Waals surface area (Å²) in [5, 5.41) is 10.1. The van der Waals surface area contributed by atoms with Crippen molar-refractivity contribution in [2.75, 3.05) is 13.1 Å². The largest absolute Gasteiger partial charge is 0.481 e. The molecule has 1 aromatic heterocycles. The van der Waals surface area contributed by atoms with Gasteiger partial charge in [-0.3, -0.25) is 9.69 Å². The molecular weight excluding hydrogens is 272 g/mol. The van der Waals surface area contributed by atoms with Crippen LogP contribution in [0.2, 0.25) is 0 Å². The molecule has 20 heavy (non-hydrogen) atoms. The lowest BCUT2D eigenvalue weighted by Crippen LogP contribution is -2.33. The van der Waals surface area contributed by atoms with E-state index in [2.05, 4.69) is 25.7 Å². The Bertz CT molecular complexity index is 470. The molecule has 0 aliphatic carbocycles. The van der Waals surface area contributed by atoms with Crippen LogP contribution in [0.1, 0.15) is 55.1 Å². The van der Waals surface area contributed by atoms with Crippen molar-refractivity contribution in [2.45, 2.75) is 52.5 Å². The van der Waals surface area contributed by atoms with Crippen LogP contribution in [-0.4, -0.2) is 34.0 Å². The average Bonchev–Trinajstić information content (AvgIpc) is 2.71. The standard InChI is InChI=1S/C15H24N2O2S/c1-10(2)15-12(7-14(18)19)20-13(16-15)9-17-6-4-5-11(3)8-17/h10-11H,4-9H2,1-3H3,(H,18,19). The van der Waals surface area contributed by atoms with Gasteiger partial charge >= 0.3 is 5.97 Å². The number of hydrogen-bond acceptors (Lipinski definition) is 4. The van der Waals surface area contributed by atoms with Crippen LogP contribution in [0.15, 0.2) is 0 Å². The van der Waals surface area contributed by atoms with Gasteiger partial charge in [-0.2, -0.15) is 0 Å². The Balaban J connectivity index is 2.09. The van der Waals surface area contributed by atoms with Crippen molar-refractivity contribution < 1.29 is 9.90 Å². The molecule has 112 valence electrons. The topological polar surface area (TPSA) is 53.4 Å². The number of rotatable bonds is 5. The summed E-state index contributed by atoms with van der Waals surface area (Å²) in [7, 11) is 0. The van der Waals surface area contributed by atoms with Crippen LogP contribution in [0.4, 0.5) is 0 Å². The minimum atomic E-state index is -0.770. The van der Waals surface area contributed by atoms with E-state index in [4.69, 9.17) is 10.1 Å². The van der Waals surface area contributed by atoms with Crippen LogP contribution < -0.4 is 0 Å². The fraction of sp³-hybridized carbons (Fsp3) is 0.733. The molecule has 1 atom stereocenters. The highest BCUT2D eigenvalue weighted by atomic mass is 32.1. The number of aliphatic carboxylic acids is 1. The molecule has 0 amide bonds. The Morgan fingerprint density at radius 2 is 2.30 bits per heavy atom. The van der Waals surface area contributed by atoms with E-state index in [1.54, 1.807) is 11.3 Å². The molecular formula is C15H24N2O2S. The number of nitrogens with zero attached hydrogens (tertiary/aromatic N) is 2. The van der Waals surface area contributed by atoms with Gasteiger partial charge in [-0.15, -0.1) is 11.3 Å². The molecule has 0 bridgehead atoms. The summed E-state index contributed by atoms with van der Waals surface area (Å²) in [6.45, 7) is 9.58. The summed E-state index contributed by atoms with van der Waals surface area (Å²) in [5.41, 5.74) is 0.970. The molecule has 1 fully saturated rings. The summed E-state index contributed by atoms with van der Waals surface area (Å²) in [6, 6.07) is 0. The van der Waals surface area contributed by atoms with E-state index in [1.807, 2.05) is 0 Å². The SMILES string of the molecule is CC1CCCN(Cc2nc(C(C)C)c(CC(=O)O)s2)C1. The number of aromatic nitrogens is 1. The molecule has 1 unspecified atom stereocenters. The van der Waals surface area contributed by atoms with Gasteiger partial charge in [0.1, 0.15) is 5.01 Å². The van der Waals surface area contributed by atoms with Crippen molar-refractivity contribution in [2.24, 2.45) is 5.92 Å². The summed E-state index contributed by atoms with van der Waals surface area (Å²) >= 11 is 1.58. The molecule has 1 saturated heterocycles. The zero-order chi connectivity index (χ0) is 14.7. The van der Waals surface area contributed by atoms with Gasteiger partial charge in [-0.05, 0) is 31.2 Å². The third-order valence-corrected chi connectivity index (χ3v) is 4.79. The Kier molecular flexibility index (Phi) is 5.16. The third kappa shape index (κ3) is 4.03. The Morgan fingerprint density at radius 1 is 1.55 bits per heavy atom. The second-order valence-corrected chi connectivity index (χ2v) is 7.29. The number of carboxylic acid groups (broad SMARTS) is 1. The van der Waals surface area contributed by atoms with E-state index in [-0.39, 0.29) is 12.3 Å². The van der Waals surface area contributed by atoms with Crippen molar-refractivity contribution in [3.63, 3.8) is 0 Å². The maximum atomic E-state index is 11.0. The quantitative estimate of drug-likeness (QED) is 0.907. The van der Waals surface area contributed by atoms with Gasteiger partial charge in [0.15, 0.2) is 0 Å². The first kappa shape index (κ1) is 15.4. The maximum Gasteiger partial charge on any atom is 0.308 e. The lowest BCUT2D eigenvalue weighted by Gasteiger charge is -2.29. The van der Waals surface area contributed by atoms with Crippen LogP contribution in [0, 0.1) is 5.92 Å². The molecule has 4 nitrogen and oxygen atoms in total. The minimum Gasteiger partial charge on any atom is -0.481 e. The zero-order valence-corrected chi connectivity index (χ0v) is 13.4. The van der Waals surface area contributed by atoms with Gasteiger partial charge in [0, 0.05) is 11.4 Å². The number of carbonyl (C=O) groups is 1. The third-order valence-electron chi connectivity index (χ3n) is 3.73. The van der Waals surface area contributed by atoms with Gasteiger partial charge in [0.05, 0.1) is 18.7 Å². The molecule has 1 N–H and O–H groups in total. The van der Waals surface area contributed by atoms with Crippen LogP contribution in [-0.2, 0) is 17.8 Å². The Labute approximate surface area is 124 Å². The highest BCUT2D eigenvalue weighted by Crippen LogP contribution is 2.27. The Hall–Kier alpha value is -0.940. The molecule has 0 saturated carbocycles. The summed E-state index contributed by atoms with van der Waals surface area (Å²) in [4.78, 5) is 19.0. The second-order valence-electron chi connectivity index (χ2n) is 6.12. The van der Waals surface area contributed by atoms with Crippen LogP contribution in [0.3, 0.4) is 0 Å². The van der Waals surface area contributed by atoms with Crippen molar-refractivity contribution >= 4 is 17.3 Å². The van der Waals surface area contributed by atoms with Crippen LogP contribution >= 0.6 is 11.3 Å². The highest BCUT2D eigenvalue weighted by molar-refractivity contribution is 7.11. The minimum absolute atomic E-state index is 0.0988. The first-order valence-corrected chi connectivity index (χ1v) is 8.20. The fourth-order valence-corrected chi connectivity index (χ4v) is 4.08. The van der Waals surface area contributed by atoms with Crippen LogP contribution in [0.25, 0.3) is 0 Å². The monoisotopic (exact) mass is 296 g/mol. The molecule has 0 aromatic carbocycles. The maximum absolute atomic E-state index is 11.0. The first-order valence-electron chi connectivity index (χ1n) is 7.38. The first-order chi connectivity index (χ1) is 9.45. The van der Waals surface area contributed by atoms with Crippen molar-refractivity contribution in [1.82, 2.24) is 9.88 Å². The smallest absolute Gasteiger partial charge is 0.308 e. The molecule has 1 aliphatic rings. The van der Waals surface area contributed by atoms with Crippen LogP contribution in [0.5, 0.6) is 0 Å². The summed E-state index contributed by atoms with van der Waals surface area (Å²) in [5.74, 6) is 0.273. The van der Waals surface area contributed by atoms with Crippen molar-refractivity contribution in [3.8, 4) is 0 Å². The number of carboxylic acids is 1. The molecule has 0 spiro atoms. The molecule has 5 heteroatoms. The van der Waals surface area contributed by atoms with Gasteiger partial charge < -0.3 is 5.11 Å². The molecule has 2 rings (SSSR count). The number of thiazole rings is 1. The van der Waals surface area contributed by atoms with Crippen molar-refractivity contribution in [1.29, 1.82) is 0 Å². The van der Waals surface area contributed by atoms with Gasteiger partial charge in [-0.25, -0.2) is 4.98 Å². The predicted molar refractivity (Wildman–Crippen MR) is 81.2 cm³/mol. The number of piperidine rings is 1. The number of hydrogen-bond donors (Lipinski definition) is 1. The second kappa shape index (κ2) is 6.68. The van der Waals surface area contributed by atoms with E-state index in [9.17, 15) is 4.79 Å². The predicted octanol–water partition coefficient (Wildman–Crippen LogP) is 3.13. The van der Waals surface area contributed by atoms with E-state index in [0.717, 1.165) is 41.1 Å². The van der Waals surface area contributed by atoms with E-state index < -0.39 is 5.97 Å². The summed E-state index contributed by atoms with van der Waals surface area (Å²) in [6.07, 6.45) is 2.67. The fourth-order valence-electron chi connectivity index (χ4n) is 2.82. The van der Waals surface area contributed by atoms with E-state index in [1.165, 1.54) is 12.8 Å². The number of likely N-dealkylation sites (tertiary alicyclic amines) is 1. The highest BCUT2D eigenvalue weighted by Gasteiger charge is 2.20. The normalized spacial score (nSPS) is 20.5. The van der Waals surface area contributed by atoms with Crippen molar-refractivity contribution in [3.05, 3.63) is 15.6 Å². The molecule has 2 heterocycles. The van der Waals surface area contributed by atoms with Gasteiger partial charge in [0.25, 0.3) is 0 Å². The lowest BCUT2D eigenvalue weighted by atomic mass is 10.0. The molecule has 1 aliphatic heterocycles. The summed E-state index contributed by atoms with van der Waals surface area (Å²) < 4.78 is 0. The Morgan fingerprint density at radius 3 is 2.90 bits per heavy atom. The average molecular weight is 296 g/mol. The molecule has 1 aromatic rings. The van der Waals surface area contributed by atoms with Gasteiger partial charge in [0.2, 0.25) is 0 Å². The zero-order valence-electron chi connectivity index (χ0n) is 12.6. The lowest BCUT2D eigenvalue weighted by molar-refractivity contribution is -0.136.